The molecule has 2 aromatic carbocycles. The first kappa shape index (κ1) is 23.0. The van der Waals surface area contributed by atoms with Gasteiger partial charge in [0, 0.05) is 36.1 Å². The molecule has 4 N–H and O–H groups in total. The molecule has 2 fully saturated rings. The number of anilines is 2. The molecule has 2 heterocycles. The number of fused-ring (bicyclic) bond motifs is 1. The van der Waals surface area contributed by atoms with Crippen molar-refractivity contribution < 1.29 is 9.53 Å². The SMILES string of the molecule is CC(C)NC(=O)Nc1ccc(C2C(N)c3ccc(OCCN4CCC4)cc3N2C2CCC2)cc1. The van der Waals surface area contributed by atoms with Crippen molar-refractivity contribution in [3.8, 4) is 5.75 Å². The van der Waals surface area contributed by atoms with E-state index in [0.717, 1.165) is 24.6 Å². The van der Waals surface area contributed by atoms with Crippen molar-refractivity contribution in [2.24, 2.45) is 5.73 Å². The average molecular weight is 464 g/mol. The Morgan fingerprint density at radius 2 is 1.88 bits per heavy atom. The lowest BCUT2D eigenvalue weighted by Crippen LogP contribution is -2.42. The Morgan fingerprint density at radius 3 is 2.50 bits per heavy atom. The minimum absolute atomic E-state index is 0.0789. The zero-order chi connectivity index (χ0) is 23.7. The predicted octanol–water partition coefficient (Wildman–Crippen LogP) is 4.41. The molecule has 2 unspecified atom stereocenters. The molecule has 1 aliphatic carbocycles. The number of carbonyl (C=O) groups excluding carboxylic acids is 1. The van der Waals surface area contributed by atoms with E-state index in [2.05, 4.69) is 50.8 Å². The molecule has 182 valence electrons. The van der Waals surface area contributed by atoms with Gasteiger partial charge in [0.2, 0.25) is 0 Å². The van der Waals surface area contributed by atoms with E-state index in [1.54, 1.807) is 0 Å². The number of nitrogens with one attached hydrogen (secondary N) is 2. The molecule has 1 saturated carbocycles. The molecular weight excluding hydrogens is 426 g/mol. The van der Waals surface area contributed by atoms with Gasteiger partial charge in [-0.05, 0) is 81.9 Å². The van der Waals surface area contributed by atoms with E-state index < -0.39 is 0 Å². The van der Waals surface area contributed by atoms with Gasteiger partial charge in [-0.2, -0.15) is 0 Å². The van der Waals surface area contributed by atoms with Gasteiger partial charge in [0.25, 0.3) is 0 Å². The van der Waals surface area contributed by atoms with Crippen LogP contribution in [-0.4, -0.2) is 49.3 Å². The summed E-state index contributed by atoms with van der Waals surface area (Å²) in [5.74, 6) is 0.923. The Labute approximate surface area is 202 Å². The quantitative estimate of drug-likeness (QED) is 0.540. The largest absolute Gasteiger partial charge is 0.492 e. The van der Waals surface area contributed by atoms with Crippen molar-refractivity contribution in [2.45, 2.75) is 63.7 Å². The molecular formula is C27H37N5O2. The van der Waals surface area contributed by atoms with Crippen LogP contribution in [0.2, 0.25) is 0 Å². The zero-order valence-electron chi connectivity index (χ0n) is 20.3. The number of benzene rings is 2. The van der Waals surface area contributed by atoms with Crippen LogP contribution >= 0.6 is 0 Å². The maximum Gasteiger partial charge on any atom is 0.319 e. The van der Waals surface area contributed by atoms with Crippen LogP contribution in [0.1, 0.15) is 62.7 Å². The Kier molecular flexibility index (Phi) is 6.66. The fourth-order valence-corrected chi connectivity index (χ4v) is 5.16. The molecule has 2 amide bonds. The molecule has 2 aliphatic heterocycles. The van der Waals surface area contributed by atoms with Crippen molar-refractivity contribution in [3.63, 3.8) is 0 Å². The van der Waals surface area contributed by atoms with Gasteiger partial charge in [-0.15, -0.1) is 0 Å². The first-order valence-electron chi connectivity index (χ1n) is 12.7. The van der Waals surface area contributed by atoms with Gasteiger partial charge in [0.15, 0.2) is 0 Å². The molecule has 3 aliphatic rings. The third-order valence-corrected chi connectivity index (χ3v) is 7.30. The summed E-state index contributed by atoms with van der Waals surface area (Å²) in [6, 6.07) is 14.9. The van der Waals surface area contributed by atoms with Crippen molar-refractivity contribution in [1.82, 2.24) is 10.2 Å². The second-order valence-corrected chi connectivity index (χ2v) is 10.1. The first-order valence-corrected chi connectivity index (χ1v) is 12.7. The number of ether oxygens (including phenoxy) is 1. The summed E-state index contributed by atoms with van der Waals surface area (Å²) in [7, 11) is 0. The minimum Gasteiger partial charge on any atom is -0.492 e. The third kappa shape index (κ3) is 4.72. The molecule has 1 saturated heterocycles. The lowest BCUT2D eigenvalue weighted by Gasteiger charge is -2.41. The number of likely N-dealkylation sites (tertiary alicyclic amines) is 1. The van der Waals surface area contributed by atoms with E-state index in [1.807, 2.05) is 26.0 Å². The van der Waals surface area contributed by atoms with Crippen LogP contribution in [0.3, 0.4) is 0 Å². The second-order valence-electron chi connectivity index (χ2n) is 10.1. The van der Waals surface area contributed by atoms with Crippen molar-refractivity contribution in [2.75, 3.05) is 36.5 Å². The van der Waals surface area contributed by atoms with Crippen LogP contribution in [0, 0.1) is 0 Å². The number of hydrogen-bond acceptors (Lipinski definition) is 5. The van der Waals surface area contributed by atoms with Gasteiger partial charge in [-0.1, -0.05) is 18.2 Å². The lowest BCUT2D eigenvalue weighted by molar-refractivity contribution is 0.147. The van der Waals surface area contributed by atoms with Crippen molar-refractivity contribution in [3.05, 3.63) is 53.6 Å². The zero-order valence-corrected chi connectivity index (χ0v) is 20.3. The normalized spacial score (nSPS) is 22.2. The smallest absolute Gasteiger partial charge is 0.319 e. The van der Waals surface area contributed by atoms with Crippen molar-refractivity contribution >= 4 is 17.4 Å². The highest BCUT2D eigenvalue weighted by molar-refractivity contribution is 5.89. The summed E-state index contributed by atoms with van der Waals surface area (Å²) in [6.07, 6.45) is 4.95. The van der Waals surface area contributed by atoms with Gasteiger partial charge in [-0.3, -0.25) is 4.90 Å². The molecule has 7 heteroatoms. The molecule has 2 atom stereocenters. The molecule has 7 nitrogen and oxygen atoms in total. The number of amides is 2. The summed E-state index contributed by atoms with van der Waals surface area (Å²) in [4.78, 5) is 17.0. The summed E-state index contributed by atoms with van der Waals surface area (Å²) < 4.78 is 6.12. The van der Waals surface area contributed by atoms with E-state index in [9.17, 15) is 4.79 Å². The summed E-state index contributed by atoms with van der Waals surface area (Å²) in [5.41, 5.74) is 11.2. The Balaban J connectivity index is 1.33. The number of carbonyl (C=O) groups is 1. The minimum atomic E-state index is -0.189. The number of hydrogen-bond donors (Lipinski definition) is 3. The highest BCUT2D eigenvalue weighted by Crippen LogP contribution is 2.51. The van der Waals surface area contributed by atoms with E-state index in [4.69, 9.17) is 10.5 Å². The molecule has 0 bridgehead atoms. The van der Waals surface area contributed by atoms with Crippen LogP contribution in [-0.2, 0) is 0 Å². The van der Waals surface area contributed by atoms with Crippen molar-refractivity contribution in [1.29, 1.82) is 0 Å². The number of rotatable bonds is 8. The maximum absolute atomic E-state index is 12.1. The first-order chi connectivity index (χ1) is 16.5. The van der Waals surface area contributed by atoms with E-state index in [1.165, 1.54) is 55.6 Å². The highest BCUT2D eigenvalue weighted by atomic mass is 16.5. The summed E-state index contributed by atoms with van der Waals surface area (Å²) >= 11 is 0. The highest BCUT2D eigenvalue weighted by Gasteiger charge is 2.42. The second kappa shape index (κ2) is 9.84. The summed E-state index contributed by atoms with van der Waals surface area (Å²) in [5, 5.41) is 5.76. The van der Waals surface area contributed by atoms with Crippen LogP contribution in [0.15, 0.2) is 42.5 Å². The van der Waals surface area contributed by atoms with Gasteiger partial charge in [-0.25, -0.2) is 4.79 Å². The molecule has 34 heavy (non-hydrogen) atoms. The molecule has 0 radical (unpaired) electrons. The monoisotopic (exact) mass is 463 g/mol. The van der Waals surface area contributed by atoms with E-state index in [-0.39, 0.29) is 24.2 Å². The standard InChI is InChI=1S/C27H37N5O2/c1-18(2)29-27(33)30-20-9-7-19(8-10-20)26-25(28)23-12-11-22(34-16-15-31-13-4-14-31)17-24(23)32(26)21-5-3-6-21/h7-12,17-18,21,25-26H,3-6,13-16,28H2,1-2H3,(H2,29,30,33). The van der Waals surface area contributed by atoms with E-state index in [0.29, 0.717) is 6.04 Å². The Morgan fingerprint density at radius 1 is 1.12 bits per heavy atom. The summed E-state index contributed by atoms with van der Waals surface area (Å²) in [6.45, 7) is 7.98. The van der Waals surface area contributed by atoms with Crippen LogP contribution in [0.4, 0.5) is 16.2 Å². The van der Waals surface area contributed by atoms with Gasteiger partial charge in [0.05, 0.1) is 12.1 Å². The van der Waals surface area contributed by atoms with E-state index >= 15 is 0 Å². The number of urea groups is 1. The third-order valence-electron chi connectivity index (χ3n) is 7.30. The average Bonchev–Trinajstić information content (AvgIpc) is 3.00. The van der Waals surface area contributed by atoms with Crippen LogP contribution in [0.5, 0.6) is 5.75 Å². The molecule has 0 spiro atoms. The lowest BCUT2D eigenvalue weighted by atomic mass is 9.89. The molecule has 5 rings (SSSR count). The predicted molar refractivity (Wildman–Crippen MR) is 137 cm³/mol. The van der Waals surface area contributed by atoms with Gasteiger partial charge >= 0.3 is 6.03 Å². The Hall–Kier alpha value is -2.77. The Bertz CT molecular complexity index is 1000. The number of nitrogens with zero attached hydrogens (tertiary/aromatic N) is 2. The van der Waals surface area contributed by atoms with Crippen LogP contribution in [0.25, 0.3) is 0 Å². The van der Waals surface area contributed by atoms with Crippen LogP contribution < -0.4 is 26.0 Å². The fraction of sp³-hybridized carbons (Fsp3) is 0.519. The topological polar surface area (TPSA) is 82.9 Å². The fourth-order valence-electron chi connectivity index (χ4n) is 5.16. The number of nitrogens with two attached hydrogens (primary N) is 1. The van der Waals surface area contributed by atoms with Gasteiger partial charge in [0.1, 0.15) is 12.4 Å². The van der Waals surface area contributed by atoms with Gasteiger partial charge < -0.3 is 26.0 Å². The molecule has 0 aromatic heterocycles. The maximum atomic E-state index is 12.1. The molecule has 2 aromatic rings.